The lowest BCUT2D eigenvalue weighted by Gasteiger charge is -2.07. The monoisotopic (exact) mass is 385 g/mol. The molecule has 5 nitrogen and oxygen atoms in total. The number of hydrogen-bond acceptors (Lipinski definition) is 4. The maximum atomic E-state index is 12.8. The highest BCUT2D eigenvalue weighted by Gasteiger charge is 2.11. The summed E-state index contributed by atoms with van der Waals surface area (Å²) in [6.07, 6.45) is 3.36. The highest BCUT2D eigenvalue weighted by Crippen LogP contribution is 2.12. The Bertz CT molecular complexity index is 800. The Balaban J connectivity index is 1.78. The summed E-state index contributed by atoms with van der Waals surface area (Å²) in [7, 11) is 0. The minimum Gasteiger partial charge on any atom is -0.457 e. The summed E-state index contributed by atoms with van der Waals surface area (Å²) in [5.41, 5.74) is 1.61. The molecule has 0 fully saturated rings. The Labute approximate surface area is 163 Å². The van der Waals surface area contributed by atoms with Gasteiger partial charge in [0.15, 0.2) is 12.4 Å². The van der Waals surface area contributed by atoms with Crippen molar-refractivity contribution >= 4 is 23.3 Å². The average Bonchev–Trinajstić information content (AvgIpc) is 2.69. The number of hydrogen-bond donors (Lipinski definition) is 1. The highest BCUT2D eigenvalue weighted by atomic mass is 19.1. The molecule has 0 bridgehead atoms. The molecule has 0 heterocycles. The minimum atomic E-state index is -0.559. The number of carbonyl (C=O) groups is 3. The van der Waals surface area contributed by atoms with E-state index in [0.29, 0.717) is 23.2 Å². The first-order valence-corrected chi connectivity index (χ1v) is 9.31. The van der Waals surface area contributed by atoms with Crippen LogP contribution >= 0.6 is 0 Å². The van der Waals surface area contributed by atoms with Gasteiger partial charge in [-0.3, -0.25) is 14.4 Å². The van der Waals surface area contributed by atoms with E-state index >= 15 is 0 Å². The number of esters is 1. The van der Waals surface area contributed by atoms with Gasteiger partial charge >= 0.3 is 5.97 Å². The van der Waals surface area contributed by atoms with Crippen molar-refractivity contribution in [3.05, 3.63) is 65.5 Å². The molecule has 0 saturated carbocycles. The molecule has 0 spiro atoms. The van der Waals surface area contributed by atoms with Gasteiger partial charge in [-0.15, -0.1) is 0 Å². The molecule has 0 radical (unpaired) electrons. The third kappa shape index (κ3) is 7.31. The molecule has 0 aliphatic rings. The van der Waals surface area contributed by atoms with Crippen molar-refractivity contribution in [3.8, 4) is 0 Å². The van der Waals surface area contributed by atoms with E-state index in [2.05, 4.69) is 12.2 Å². The predicted molar refractivity (Wildman–Crippen MR) is 105 cm³/mol. The zero-order valence-corrected chi connectivity index (χ0v) is 15.9. The number of anilines is 1. The van der Waals surface area contributed by atoms with Crippen LogP contribution in [0.5, 0.6) is 0 Å². The van der Waals surface area contributed by atoms with Crippen LogP contribution < -0.4 is 5.32 Å². The van der Waals surface area contributed by atoms with Crippen molar-refractivity contribution in [1.29, 1.82) is 0 Å². The van der Waals surface area contributed by atoms with Crippen molar-refractivity contribution in [2.75, 3.05) is 11.9 Å². The van der Waals surface area contributed by atoms with Gasteiger partial charge in [0.2, 0.25) is 5.91 Å². The van der Waals surface area contributed by atoms with Crippen LogP contribution in [0.4, 0.5) is 10.1 Å². The zero-order valence-electron chi connectivity index (χ0n) is 15.9. The third-order valence-corrected chi connectivity index (χ3v) is 4.12. The van der Waals surface area contributed by atoms with E-state index in [1.807, 2.05) is 0 Å². The minimum absolute atomic E-state index is 0.0312. The number of ketones is 1. The van der Waals surface area contributed by atoms with Crippen molar-refractivity contribution in [3.63, 3.8) is 0 Å². The number of benzene rings is 2. The average molecular weight is 385 g/mol. The van der Waals surface area contributed by atoms with Gasteiger partial charge in [0.05, 0.1) is 6.42 Å². The number of carbonyl (C=O) groups excluding carboxylic acids is 3. The quantitative estimate of drug-likeness (QED) is 0.376. The lowest BCUT2D eigenvalue weighted by atomic mass is 10.1. The van der Waals surface area contributed by atoms with E-state index in [1.54, 1.807) is 24.3 Å². The molecule has 2 rings (SSSR count). The van der Waals surface area contributed by atoms with Crippen LogP contribution in [0.3, 0.4) is 0 Å². The molecule has 28 heavy (non-hydrogen) atoms. The molecule has 0 aliphatic heterocycles. The van der Waals surface area contributed by atoms with Crippen LogP contribution in [-0.2, 0) is 20.7 Å². The summed E-state index contributed by atoms with van der Waals surface area (Å²) < 4.78 is 17.8. The van der Waals surface area contributed by atoms with Gasteiger partial charge in [-0.1, -0.05) is 31.9 Å². The van der Waals surface area contributed by atoms with Crippen LogP contribution in [0.25, 0.3) is 0 Å². The molecule has 2 aromatic carbocycles. The van der Waals surface area contributed by atoms with Gasteiger partial charge in [0.1, 0.15) is 5.82 Å². The van der Waals surface area contributed by atoms with Gasteiger partial charge in [-0.2, -0.15) is 0 Å². The number of ether oxygens (including phenoxy) is 1. The molecule has 0 unspecified atom stereocenters. The van der Waals surface area contributed by atoms with Crippen LogP contribution in [0.15, 0.2) is 48.5 Å². The molecule has 148 valence electrons. The van der Waals surface area contributed by atoms with Gasteiger partial charge in [0.25, 0.3) is 0 Å². The molecule has 0 atom stereocenters. The second-order valence-corrected chi connectivity index (χ2v) is 6.47. The van der Waals surface area contributed by atoms with Gasteiger partial charge in [0, 0.05) is 17.7 Å². The second kappa shape index (κ2) is 11.0. The van der Waals surface area contributed by atoms with E-state index in [4.69, 9.17) is 4.74 Å². The maximum Gasteiger partial charge on any atom is 0.310 e. The van der Waals surface area contributed by atoms with Gasteiger partial charge in [-0.25, -0.2) is 4.39 Å². The molecule has 0 saturated heterocycles. The lowest BCUT2D eigenvalue weighted by molar-refractivity contribution is -0.141. The molecule has 1 amide bonds. The Morgan fingerprint density at radius 2 is 1.64 bits per heavy atom. The fourth-order valence-electron chi connectivity index (χ4n) is 2.55. The van der Waals surface area contributed by atoms with Gasteiger partial charge < -0.3 is 10.1 Å². The third-order valence-electron chi connectivity index (χ3n) is 4.12. The first kappa shape index (κ1) is 21.3. The number of halogens is 1. The highest BCUT2D eigenvalue weighted by molar-refractivity contribution is 5.98. The molecule has 1 N–H and O–H groups in total. The number of amides is 1. The summed E-state index contributed by atoms with van der Waals surface area (Å²) in [4.78, 5) is 35.7. The van der Waals surface area contributed by atoms with E-state index < -0.39 is 5.97 Å². The largest absolute Gasteiger partial charge is 0.457 e. The van der Waals surface area contributed by atoms with E-state index in [0.717, 1.165) is 19.3 Å². The first-order valence-electron chi connectivity index (χ1n) is 9.31. The number of Topliss-reactive ketones (excluding diaryl/α,β-unsaturated/α-hetero) is 1. The summed E-state index contributed by atoms with van der Waals surface area (Å²) in [5.74, 6) is -1.33. The number of unbranched alkanes of at least 4 members (excludes halogenated alkanes) is 2. The second-order valence-electron chi connectivity index (χ2n) is 6.47. The Morgan fingerprint density at radius 1 is 0.964 bits per heavy atom. The standard InChI is InChI=1S/C22H24FNO4/c1-2-3-4-5-21(26)24-19-12-8-17(9-13-19)20(25)15-28-22(27)14-16-6-10-18(23)11-7-16/h6-13H,2-5,14-15H2,1H3,(H,24,26). The van der Waals surface area contributed by atoms with Crippen LogP contribution in [0, 0.1) is 5.82 Å². The fourth-order valence-corrected chi connectivity index (χ4v) is 2.55. The predicted octanol–water partition coefficient (Wildman–Crippen LogP) is 4.31. The molecule has 0 aliphatic carbocycles. The maximum absolute atomic E-state index is 12.8. The van der Waals surface area contributed by atoms with E-state index in [-0.39, 0.29) is 30.5 Å². The van der Waals surface area contributed by atoms with Crippen molar-refractivity contribution in [2.24, 2.45) is 0 Å². The summed E-state index contributed by atoms with van der Waals surface area (Å²) >= 11 is 0. The Kier molecular flexibility index (Phi) is 8.34. The Morgan fingerprint density at radius 3 is 2.29 bits per heavy atom. The molecule has 6 heteroatoms. The number of rotatable bonds is 10. The summed E-state index contributed by atoms with van der Waals surface area (Å²) in [5, 5.41) is 2.79. The van der Waals surface area contributed by atoms with Crippen molar-refractivity contribution < 1.29 is 23.5 Å². The molecule has 2 aromatic rings. The molecular weight excluding hydrogens is 361 g/mol. The van der Waals surface area contributed by atoms with E-state index in [9.17, 15) is 18.8 Å². The molecular formula is C22H24FNO4. The smallest absolute Gasteiger partial charge is 0.310 e. The molecule has 0 aromatic heterocycles. The van der Waals surface area contributed by atoms with E-state index in [1.165, 1.54) is 24.3 Å². The van der Waals surface area contributed by atoms with Crippen molar-refractivity contribution in [1.82, 2.24) is 0 Å². The van der Waals surface area contributed by atoms with Gasteiger partial charge in [-0.05, 0) is 48.4 Å². The van der Waals surface area contributed by atoms with Crippen LogP contribution in [-0.4, -0.2) is 24.3 Å². The fraction of sp³-hybridized carbons (Fsp3) is 0.318. The van der Waals surface area contributed by atoms with Crippen molar-refractivity contribution in [2.45, 2.75) is 39.0 Å². The zero-order chi connectivity index (χ0) is 20.4. The van der Waals surface area contributed by atoms with Crippen LogP contribution in [0.1, 0.15) is 48.5 Å². The SMILES string of the molecule is CCCCCC(=O)Nc1ccc(C(=O)COC(=O)Cc2ccc(F)cc2)cc1. The Hall–Kier alpha value is -3.02. The summed E-state index contributed by atoms with van der Waals surface area (Å²) in [6.45, 7) is 1.70. The topological polar surface area (TPSA) is 72.5 Å². The summed E-state index contributed by atoms with van der Waals surface area (Å²) in [6, 6.07) is 12.0. The lowest BCUT2D eigenvalue weighted by Crippen LogP contribution is -2.16. The normalized spacial score (nSPS) is 10.4. The van der Waals surface area contributed by atoms with Crippen LogP contribution in [0.2, 0.25) is 0 Å². The number of nitrogens with one attached hydrogen (secondary N) is 1. The first-order chi connectivity index (χ1) is 13.5.